The summed E-state index contributed by atoms with van der Waals surface area (Å²) in [5.74, 6) is -0.0259. The quantitative estimate of drug-likeness (QED) is 0.600. The first-order valence-electron chi connectivity index (χ1n) is 4.49. The zero-order valence-electron chi connectivity index (χ0n) is 8.56. The molecule has 5 heteroatoms. The van der Waals surface area contributed by atoms with Crippen molar-refractivity contribution in [3.05, 3.63) is 34.9 Å². The van der Waals surface area contributed by atoms with Crippen LogP contribution in [0.5, 0.6) is 0 Å². The lowest BCUT2D eigenvalue weighted by atomic mass is 10.0. The Labute approximate surface area is 95.7 Å². The van der Waals surface area contributed by atoms with Crippen LogP contribution < -0.4 is 0 Å². The summed E-state index contributed by atoms with van der Waals surface area (Å²) < 4.78 is 32.1. The lowest BCUT2D eigenvalue weighted by Crippen LogP contribution is -2.04. The third kappa shape index (κ3) is 3.15. The lowest BCUT2D eigenvalue weighted by Gasteiger charge is -2.11. The Hall–Kier alpha value is -0.650. The van der Waals surface area contributed by atoms with Gasteiger partial charge in [0, 0.05) is 22.4 Å². The molecule has 0 fully saturated rings. The van der Waals surface area contributed by atoms with Gasteiger partial charge in [0.05, 0.1) is 0 Å². The van der Waals surface area contributed by atoms with Crippen LogP contribution in [0.3, 0.4) is 0 Å². The fraction of sp³-hybridized carbons (Fsp3) is 0.400. The van der Waals surface area contributed by atoms with E-state index in [2.05, 4.69) is 0 Å². The van der Waals surface area contributed by atoms with Crippen molar-refractivity contribution in [1.29, 1.82) is 0 Å². The second-order valence-corrected chi connectivity index (χ2v) is 5.13. The van der Waals surface area contributed by atoms with Crippen molar-refractivity contribution in [3.63, 3.8) is 0 Å². The summed E-state index contributed by atoms with van der Waals surface area (Å²) in [5, 5.41) is -0.218. The fourth-order valence-electron chi connectivity index (χ4n) is 1.62. The molecule has 0 spiro atoms. The Bertz CT molecular complexity index is 390. The van der Waals surface area contributed by atoms with Crippen LogP contribution in [0.1, 0.15) is 28.9 Å². The molecule has 0 aliphatic carbocycles. The van der Waals surface area contributed by atoms with Crippen LogP contribution >= 0.6 is 0 Å². The third-order valence-corrected chi connectivity index (χ3v) is 3.31. The van der Waals surface area contributed by atoms with Crippen LogP contribution in [-0.2, 0) is 32.7 Å². The number of aryl methyl sites for hydroxylation is 1. The summed E-state index contributed by atoms with van der Waals surface area (Å²) >= 11 is -1.63. The van der Waals surface area contributed by atoms with E-state index in [1.807, 2.05) is 19.1 Å². The molecule has 0 aromatic heterocycles. The maximum atomic E-state index is 10.8. The predicted molar refractivity (Wildman–Crippen MR) is 60.3 cm³/mol. The molecule has 1 rings (SSSR count). The molecule has 0 heterocycles. The van der Waals surface area contributed by atoms with E-state index < -0.39 is 11.1 Å². The topological polar surface area (TPSA) is 57.2 Å². The van der Waals surface area contributed by atoms with Gasteiger partial charge in [0.2, 0.25) is 0 Å². The van der Waals surface area contributed by atoms with E-state index in [-0.39, 0.29) is 11.0 Å². The first-order chi connectivity index (χ1) is 7.06. The number of hydrogen-bond acceptors (Lipinski definition) is 3. The van der Waals surface area contributed by atoms with Gasteiger partial charge in [-0.15, -0.1) is 0 Å². The highest BCUT2D eigenvalue weighted by atomic mass is 32.2. The summed E-state index contributed by atoms with van der Waals surface area (Å²) in [6, 6.07) is 5.45. The predicted octanol–water partition coefficient (Wildman–Crippen LogP) is 1.86. The first-order valence-corrected chi connectivity index (χ1v) is 6.54. The zero-order chi connectivity index (χ0) is 11.4. The highest BCUT2D eigenvalue weighted by molar-refractivity contribution is 7.78. The second-order valence-electron chi connectivity index (χ2n) is 3.33. The van der Waals surface area contributed by atoms with Gasteiger partial charge >= 0.3 is 11.7 Å². The number of benzene rings is 1. The molecule has 0 radical (unpaired) electrons. The monoisotopic (exact) mass is 244 g/mol. The number of rotatable bonds is 4. The summed E-state index contributed by atoms with van der Waals surface area (Å²) in [7, 11) is 0. The van der Waals surface area contributed by atoms with Crippen LogP contribution in [0.4, 0.5) is 0 Å². The third-order valence-electron chi connectivity index (χ3n) is 2.24. The molecule has 0 N–H and O–H groups in total. The van der Waals surface area contributed by atoms with E-state index in [0.29, 0.717) is 11.7 Å². The van der Waals surface area contributed by atoms with Crippen LogP contribution in [-0.4, -0.2) is 8.76 Å². The molecule has 0 saturated carbocycles. The summed E-state index contributed by atoms with van der Waals surface area (Å²) in [6.45, 7) is 3.68. The first kappa shape index (κ1) is 12.4. The summed E-state index contributed by atoms with van der Waals surface area (Å²) in [4.78, 5) is 0. The second kappa shape index (κ2) is 5.44. The Kier molecular flexibility index (Phi) is 4.50. The molecule has 3 nitrogen and oxygen atoms in total. The Morgan fingerprint density at radius 2 is 2.20 bits per heavy atom. The molecular formula is C10H12O3S2. The molecule has 15 heavy (non-hydrogen) atoms. The van der Waals surface area contributed by atoms with Gasteiger partial charge in [0.1, 0.15) is 0 Å². The lowest BCUT2D eigenvalue weighted by molar-refractivity contribution is 0.536. The smallest absolute Gasteiger partial charge is 0.466 e. The van der Waals surface area contributed by atoms with Crippen molar-refractivity contribution in [2.75, 3.05) is 0 Å². The Morgan fingerprint density at radius 3 is 2.73 bits per heavy atom. The standard InChI is InChI=1S/C10H12O3S2/c1-7-4-3-5-9(6-15(12)13)10(7)8(2)14-11/h3-5,8H,6H2,1-2H3. The van der Waals surface area contributed by atoms with E-state index in [1.165, 1.54) is 0 Å². The highest BCUT2D eigenvalue weighted by Crippen LogP contribution is 2.24. The maximum Gasteiger partial charge on any atom is 0.466 e. The van der Waals surface area contributed by atoms with Crippen molar-refractivity contribution in [1.82, 2.24) is 0 Å². The molecule has 0 aliphatic rings. The van der Waals surface area contributed by atoms with E-state index in [9.17, 15) is 13.0 Å². The van der Waals surface area contributed by atoms with Gasteiger partial charge in [0.25, 0.3) is 5.25 Å². The van der Waals surface area contributed by atoms with Gasteiger partial charge in [-0.1, -0.05) is 29.3 Å². The Balaban J connectivity index is 3.19. The molecular weight excluding hydrogens is 232 g/mol. The van der Waals surface area contributed by atoms with Gasteiger partial charge in [-0.25, -0.2) is 0 Å². The van der Waals surface area contributed by atoms with Gasteiger partial charge < -0.3 is 4.55 Å². The Morgan fingerprint density at radius 1 is 1.53 bits per heavy atom. The average Bonchev–Trinajstić information content (AvgIpc) is 2.16. The van der Waals surface area contributed by atoms with E-state index in [0.717, 1.165) is 16.7 Å². The van der Waals surface area contributed by atoms with E-state index >= 15 is 0 Å². The average molecular weight is 244 g/mol. The molecule has 0 aliphatic heterocycles. The van der Waals surface area contributed by atoms with Crippen LogP contribution in [0.25, 0.3) is 0 Å². The van der Waals surface area contributed by atoms with Crippen molar-refractivity contribution in [2.45, 2.75) is 24.9 Å². The molecule has 2 atom stereocenters. The molecule has 0 amide bonds. The summed E-state index contributed by atoms with van der Waals surface area (Å²) in [6.07, 6.45) is 0. The zero-order valence-corrected chi connectivity index (χ0v) is 10.2. The molecule has 82 valence electrons. The SMILES string of the molecule is Cc1cccc(CS(=O)[O-])c1C(C)[S+]=O. The van der Waals surface area contributed by atoms with E-state index in [1.54, 1.807) is 13.0 Å². The number of hydrogen-bond donors (Lipinski definition) is 0. The molecule has 1 aromatic carbocycles. The van der Waals surface area contributed by atoms with Gasteiger partial charge in [-0.3, -0.25) is 4.21 Å². The largest absolute Gasteiger partial charge is 0.772 e. The maximum absolute atomic E-state index is 10.8. The molecule has 0 saturated heterocycles. The van der Waals surface area contributed by atoms with E-state index in [4.69, 9.17) is 0 Å². The van der Waals surface area contributed by atoms with Crippen molar-refractivity contribution < 1.29 is 13.0 Å². The van der Waals surface area contributed by atoms with Gasteiger partial charge in [-0.2, -0.15) is 0 Å². The van der Waals surface area contributed by atoms with Crippen LogP contribution in [0.15, 0.2) is 18.2 Å². The molecule has 2 unspecified atom stereocenters. The fourth-order valence-corrected chi connectivity index (χ4v) is 2.56. The summed E-state index contributed by atoms with van der Waals surface area (Å²) in [5.41, 5.74) is 2.54. The minimum Gasteiger partial charge on any atom is -0.772 e. The minimum absolute atomic E-state index is 0.0259. The van der Waals surface area contributed by atoms with Gasteiger partial charge in [-0.05, 0) is 18.1 Å². The van der Waals surface area contributed by atoms with Crippen molar-refractivity contribution in [2.24, 2.45) is 0 Å². The highest BCUT2D eigenvalue weighted by Gasteiger charge is 2.22. The minimum atomic E-state index is -2.11. The molecule has 1 aromatic rings. The van der Waals surface area contributed by atoms with Crippen molar-refractivity contribution >= 4 is 22.7 Å². The normalized spacial score (nSPS) is 14.6. The molecule has 0 bridgehead atoms. The van der Waals surface area contributed by atoms with Crippen LogP contribution in [0, 0.1) is 6.92 Å². The van der Waals surface area contributed by atoms with Crippen LogP contribution in [0.2, 0.25) is 0 Å². The van der Waals surface area contributed by atoms with Gasteiger partial charge in [0.15, 0.2) is 0 Å². The van der Waals surface area contributed by atoms with Crippen molar-refractivity contribution in [3.8, 4) is 0 Å².